The van der Waals surface area contributed by atoms with E-state index in [9.17, 15) is 14.4 Å². The minimum Gasteiger partial charge on any atom is -0.397 e. The van der Waals surface area contributed by atoms with Crippen LogP contribution in [-0.4, -0.2) is 76.3 Å². The zero-order valence-electron chi connectivity index (χ0n) is 26.3. The van der Waals surface area contributed by atoms with Crippen LogP contribution in [0.5, 0.6) is 0 Å². The predicted octanol–water partition coefficient (Wildman–Crippen LogP) is 5.66. The fraction of sp³-hybridized carbons (Fsp3) is 0.216. The highest BCUT2D eigenvalue weighted by atomic mass is 32.1. The summed E-state index contributed by atoms with van der Waals surface area (Å²) in [6.07, 6.45) is 15.4. The number of amides is 3. The van der Waals surface area contributed by atoms with Gasteiger partial charge in [0.05, 0.1) is 34.1 Å². The Bertz CT molecular complexity index is 1890. The number of nitrogens with one attached hydrogen (secondary N) is 1. The van der Waals surface area contributed by atoms with Crippen molar-refractivity contribution in [3.05, 3.63) is 125 Å². The molecular weight excluding hydrogens is 623 g/mol. The Labute approximate surface area is 282 Å². The molecule has 242 valence electrons. The van der Waals surface area contributed by atoms with Crippen LogP contribution in [0.3, 0.4) is 0 Å². The topological polar surface area (TPSA) is 125 Å². The second-order valence-corrected chi connectivity index (χ2v) is 12.9. The van der Waals surface area contributed by atoms with Crippen LogP contribution in [0, 0.1) is 0 Å². The maximum absolute atomic E-state index is 13.4. The van der Waals surface area contributed by atoms with Crippen molar-refractivity contribution < 1.29 is 14.4 Å². The van der Waals surface area contributed by atoms with Gasteiger partial charge in [-0.3, -0.25) is 24.2 Å². The van der Waals surface area contributed by atoms with Crippen molar-refractivity contribution in [1.82, 2.24) is 19.8 Å². The molecule has 10 nitrogen and oxygen atoms in total. The number of piperazine rings is 1. The van der Waals surface area contributed by atoms with Crippen molar-refractivity contribution in [3.63, 3.8) is 0 Å². The molecule has 7 rings (SSSR count). The number of thiophene rings is 1. The highest BCUT2D eigenvalue weighted by Crippen LogP contribution is 2.31. The summed E-state index contributed by atoms with van der Waals surface area (Å²) in [5.74, 6) is -0.314. The van der Waals surface area contributed by atoms with E-state index in [-0.39, 0.29) is 17.7 Å². The largest absolute Gasteiger partial charge is 0.397 e. The molecule has 2 aliphatic heterocycles. The number of imide groups is 1. The molecule has 1 aliphatic carbocycles. The van der Waals surface area contributed by atoms with Gasteiger partial charge in [0.15, 0.2) is 0 Å². The maximum Gasteiger partial charge on any atom is 0.262 e. The van der Waals surface area contributed by atoms with E-state index in [1.807, 2.05) is 41.8 Å². The fourth-order valence-electron chi connectivity index (χ4n) is 6.17. The molecule has 2 aromatic carbocycles. The van der Waals surface area contributed by atoms with Crippen LogP contribution in [0.4, 0.5) is 17.3 Å². The standard InChI is InChI=1S/C37H35N7O3S/c38-31-15-13-26(33-11-6-20-48-33)21-32(31)41-34(45)27-22-39-37(40-23-27)43-18-16-42(17-19-43)24-28(14-12-25-7-2-1-3-8-25)44-35(46)29-9-4-5-10-30(29)36(44)47/h2,4-15,20-23,28H,1,3,16-19,24,38H2,(H,41,45)/b14-12+. The van der Waals surface area contributed by atoms with Crippen LogP contribution >= 0.6 is 11.3 Å². The quantitative estimate of drug-likeness (QED) is 0.175. The average molecular weight is 658 g/mol. The first-order chi connectivity index (χ1) is 23.4. The van der Waals surface area contributed by atoms with Gasteiger partial charge in [0.25, 0.3) is 17.7 Å². The monoisotopic (exact) mass is 657 g/mol. The molecule has 3 N–H and O–H groups in total. The molecule has 0 bridgehead atoms. The van der Waals surface area contributed by atoms with E-state index in [4.69, 9.17) is 5.73 Å². The van der Waals surface area contributed by atoms with E-state index in [2.05, 4.69) is 43.3 Å². The number of nitrogens with two attached hydrogens (primary N) is 1. The molecule has 1 atom stereocenters. The lowest BCUT2D eigenvalue weighted by Gasteiger charge is -2.37. The number of allylic oxidation sites excluding steroid dienone is 5. The fourth-order valence-corrected chi connectivity index (χ4v) is 6.89. The van der Waals surface area contributed by atoms with Gasteiger partial charge in [0.2, 0.25) is 5.95 Å². The summed E-state index contributed by atoms with van der Waals surface area (Å²) < 4.78 is 0. The third-order valence-corrected chi connectivity index (χ3v) is 9.72. The smallest absolute Gasteiger partial charge is 0.262 e. The second kappa shape index (κ2) is 13.8. The maximum atomic E-state index is 13.4. The van der Waals surface area contributed by atoms with Crippen molar-refractivity contribution in [2.75, 3.05) is 48.7 Å². The van der Waals surface area contributed by atoms with Crippen molar-refractivity contribution >= 4 is 46.4 Å². The normalized spacial score (nSPS) is 17.1. The van der Waals surface area contributed by atoms with Crippen molar-refractivity contribution in [1.29, 1.82) is 0 Å². The van der Waals surface area contributed by atoms with Gasteiger partial charge >= 0.3 is 0 Å². The zero-order valence-corrected chi connectivity index (χ0v) is 27.1. The molecule has 3 aliphatic rings. The molecule has 11 heteroatoms. The second-order valence-electron chi connectivity index (χ2n) is 11.9. The first-order valence-electron chi connectivity index (χ1n) is 16.0. The third-order valence-electron chi connectivity index (χ3n) is 8.80. The molecule has 1 saturated heterocycles. The average Bonchev–Trinajstić information content (AvgIpc) is 3.75. The van der Waals surface area contributed by atoms with Crippen molar-refractivity contribution in [2.45, 2.75) is 18.9 Å². The van der Waals surface area contributed by atoms with Crippen molar-refractivity contribution in [2.24, 2.45) is 0 Å². The number of nitrogens with zero attached hydrogens (tertiary/aromatic N) is 5. The van der Waals surface area contributed by atoms with Crippen LogP contribution in [0.15, 0.2) is 108 Å². The number of rotatable bonds is 9. The molecule has 1 fully saturated rings. The zero-order chi connectivity index (χ0) is 33.0. The number of carbonyl (C=O) groups excluding carboxylic acids is 3. The SMILES string of the molecule is Nc1ccc(-c2cccs2)cc1NC(=O)c1cnc(N2CCN(CC(/C=C/C3=CCCC=C3)N3C(=O)c4ccccc4C3=O)CC2)nc1. The number of benzene rings is 2. The molecule has 0 radical (unpaired) electrons. The van der Waals surface area contributed by atoms with Gasteiger partial charge < -0.3 is 16.0 Å². The van der Waals surface area contributed by atoms with Gasteiger partial charge in [-0.1, -0.05) is 54.6 Å². The lowest BCUT2D eigenvalue weighted by molar-refractivity contribution is 0.0581. The van der Waals surface area contributed by atoms with Gasteiger partial charge in [0.1, 0.15) is 0 Å². The van der Waals surface area contributed by atoms with Crippen LogP contribution in [0.25, 0.3) is 10.4 Å². The molecule has 4 aromatic rings. The molecule has 48 heavy (non-hydrogen) atoms. The molecular formula is C37H35N7O3S. The number of carbonyl (C=O) groups is 3. The van der Waals surface area contributed by atoms with E-state index in [0.29, 0.717) is 66.7 Å². The molecule has 3 amide bonds. The molecule has 0 spiro atoms. The van der Waals surface area contributed by atoms with E-state index in [1.165, 1.54) is 17.3 Å². The number of hydrogen-bond donors (Lipinski definition) is 2. The lowest BCUT2D eigenvalue weighted by Crippen LogP contribution is -2.52. The summed E-state index contributed by atoms with van der Waals surface area (Å²) >= 11 is 1.62. The van der Waals surface area contributed by atoms with Crippen molar-refractivity contribution in [3.8, 4) is 10.4 Å². The number of aromatic nitrogens is 2. The molecule has 2 aromatic heterocycles. The molecule has 4 heterocycles. The summed E-state index contributed by atoms with van der Waals surface area (Å²) in [5, 5.41) is 4.90. The molecule has 0 saturated carbocycles. The molecule has 1 unspecified atom stereocenters. The Morgan fingerprint density at radius 3 is 2.38 bits per heavy atom. The first kappa shape index (κ1) is 31.2. The Morgan fingerprint density at radius 2 is 1.71 bits per heavy atom. The Balaban J connectivity index is 0.991. The van der Waals surface area contributed by atoms with Crippen LogP contribution in [0.1, 0.15) is 43.9 Å². The van der Waals surface area contributed by atoms with E-state index < -0.39 is 6.04 Å². The Hall–Kier alpha value is -5.39. The van der Waals surface area contributed by atoms with Crippen LogP contribution in [-0.2, 0) is 0 Å². The van der Waals surface area contributed by atoms with Gasteiger partial charge in [-0.2, -0.15) is 0 Å². The van der Waals surface area contributed by atoms with E-state index >= 15 is 0 Å². The summed E-state index contributed by atoms with van der Waals surface area (Å²) in [6, 6.07) is 16.2. The highest BCUT2D eigenvalue weighted by Gasteiger charge is 2.39. The summed E-state index contributed by atoms with van der Waals surface area (Å²) in [7, 11) is 0. The van der Waals surface area contributed by atoms with E-state index in [0.717, 1.165) is 28.9 Å². The highest BCUT2D eigenvalue weighted by molar-refractivity contribution is 7.13. The van der Waals surface area contributed by atoms with E-state index in [1.54, 1.807) is 41.7 Å². The van der Waals surface area contributed by atoms with Gasteiger partial charge in [-0.25, -0.2) is 9.97 Å². The first-order valence-corrected chi connectivity index (χ1v) is 16.9. The van der Waals surface area contributed by atoms with Crippen LogP contribution in [0.2, 0.25) is 0 Å². The number of hydrogen-bond acceptors (Lipinski definition) is 9. The van der Waals surface area contributed by atoms with Gasteiger partial charge in [-0.05, 0) is 59.7 Å². The summed E-state index contributed by atoms with van der Waals surface area (Å²) in [5.41, 5.74) is 10.5. The minimum absolute atomic E-state index is 0.257. The minimum atomic E-state index is -0.422. The Kier molecular flexibility index (Phi) is 8.95. The summed E-state index contributed by atoms with van der Waals surface area (Å²) in [6.45, 7) is 3.22. The van der Waals surface area contributed by atoms with Gasteiger partial charge in [-0.15, -0.1) is 11.3 Å². The predicted molar refractivity (Wildman–Crippen MR) is 189 cm³/mol. The number of nitrogen functional groups attached to an aromatic ring is 1. The van der Waals surface area contributed by atoms with Gasteiger partial charge in [0, 0.05) is 50.0 Å². The Morgan fingerprint density at radius 1 is 0.958 bits per heavy atom. The number of fused-ring (bicyclic) bond motifs is 1. The summed E-state index contributed by atoms with van der Waals surface area (Å²) in [4.78, 5) is 55.7. The third kappa shape index (κ3) is 6.55. The number of anilines is 3. The van der Waals surface area contributed by atoms with Crippen LogP contribution < -0.4 is 16.0 Å². The lowest BCUT2D eigenvalue weighted by atomic mass is 10.1.